The zero-order chi connectivity index (χ0) is 13.1. The minimum absolute atomic E-state index is 0.0763. The van der Waals surface area contributed by atoms with Crippen molar-refractivity contribution >= 4 is 5.91 Å². The van der Waals surface area contributed by atoms with Gasteiger partial charge in [-0.05, 0) is 6.42 Å². The largest absolute Gasteiger partial charge is 0.507 e. The first-order valence-electron chi connectivity index (χ1n) is 6.01. The number of hydrogen-bond donors (Lipinski definition) is 1. The van der Waals surface area contributed by atoms with Crippen LogP contribution in [0.1, 0.15) is 30.1 Å². The molecule has 1 amide bonds. The molecule has 98 valence electrons. The van der Waals surface area contributed by atoms with Crippen LogP contribution in [0, 0.1) is 0 Å². The maximum absolute atomic E-state index is 12.1. The van der Waals surface area contributed by atoms with Crippen LogP contribution < -0.4 is 9.47 Å². The molecule has 1 heterocycles. The van der Waals surface area contributed by atoms with E-state index >= 15 is 0 Å². The molecule has 0 atom stereocenters. The van der Waals surface area contributed by atoms with E-state index in [2.05, 4.69) is 6.92 Å². The van der Waals surface area contributed by atoms with Crippen LogP contribution in [0.5, 0.6) is 17.2 Å². The molecule has 0 aromatic heterocycles. The number of aromatic hydroxyl groups is 1. The summed E-state index contributed by atoms with van der Waals surface area (Å²) in [5, 5.41) is 9.84. The van der Waals surface area contributed by atoms with Crippen molar-refractivity contribution in [1.82, 2.24) is 4.90 Å². The van der Waals surface area contributed by atoms with E-state index in [4.69, 9.17) is 9.47 Å². The quantitative estimate of drug-likeness (QED) is 0.889. The fourth-order valence-corrected chi connectivity index (χ4v) is 1.80. The standard InChI is InChI=1S/C13H17NO4/c1-3-4-5-14(2)13(16)9-6-11-12(7-10(9)15)18-8-17-11/h6-7,15H,3-5,8H2,1-2H3. The number of ether oxygens (including phenoxy) is 2. The first kappa shape index (κ1) is 12.5. The van der Waals surface area contributed by atoms with E-state index in [1.807, 2.05) is 0 Å². The second-order valence-corrected chi connectivity index (χ2v) is 4.30. The number of carbonyl (C=O) groups is 1. The lowest BCUT2D eigenvalue weighted by Gasteiger charge is -2.17. The molecule has 5 nitrogen and oxygen atoms in total. The van der Waals surface area contributed by atoms with Crippen LogP contribution in [-0.2, 0) is 0 Å². The molecule has 1 aromatic carbocycles. The SMILES string of the molecule is CCCCN(C)C(=O)c1cc2c(cc1O)OCO2. The highest BCUT2D eigenvalue weighted by Gasteiger charge is 2.22. The summed E-state index contributed by atoms with van der Waals surface area (Å²) in [5.74, 6) is 0.687. The summed E-state index contributed by atoms with van der Waals surface area (Å²) in [5.41, 5.74) is 0.248. The van der Waals surface area contributed by atoms with Crippen LogP contribution in [0.2, 0.25) is 0 Å². The number of rotatable bonds is 4. The van der Waals surface area contributed by atoms with Crippen molar-refractivity contribution < 1.29 is 19.4 Å². The van der Waals surface area contributed by atoms with Gasteiger partial charge < -0.3 is 19.5 Å². The highest BCUT2D eigenvalue weighted by atomic mass is 16.7. The molecule has 1 N–H and O–H groups in total. The van der Waals surface area contributed by atoms with Crippen molar-refractivity contribution in [2.24, 2.45) is 0 Å². The Labute approximate surface area is 106 Å². The van der Waals surface area contributed by atoms with Gasteiger partial charge in [0.25, 0.3) is 5.91 Å². The van der Waals surface area contributed by atoms with Crippen LogP contribution in [0.3, 0.4) is 0 Å². The van der Waals surface area contributed by atoms with Gasteiger partial charge in [0.05, 0.1) is 5.56 Å². The molecule has 0 unspecified atom stereocenters. The molecule has 1 aromatic rings. The summed E-state index contributed by atoms with van der Waals surface area (Å²) >= 11 is 0. The van der Waals surface area contributed by atoms with Gasteiger partial charge in [-0.2, -0.15) is 0 Å². The number of unbranched alkanes of at least 4 members (excludes halogenated alkanes) is 1. The second-order valence-electron chi connectivity index (χ2n) is 4.30. The molecule has 0 spiro atoms. The van der Waals surface area contributed by atoms with E-state index in [0.717, 1.165) is 12.8 Å². The number of phenols is 1. The fraction of sp³-hybridized carbons (Fsp3) is 0.462. The number of fused-ring (bicyclic) bond motifs is 1. The van der Waals surface area contributed by atoms with Crippen LogP contribution >= 0.6 is 0 Å². The van der Waals surface area contributed by atoms with Gasteiger partial charge in [0.1, 0.15) is 5.75 Å². The van der Waals surface area contributed by atoms with Gasteiger partial charge in [0.2, 0.25) is 6.79 Å². The van der Waals surface area contributed by atoms with Crippen molar-refractivity contribution in [1.29, 1.82) is 0 Å². The van der Waals surface area contributed by atoms with Crippen molar-refractivity contribution in [2.45, 2.75) is 19.8 Å². The number of nitrogens with zero attached hydrogens (tertiary/aromatic N) is 1. The molecular formula is C13H17NO4. The Morgan fingerprint density at radius 1 is 1.39 bits per heavy atom. The summed E-state index contributed by atoms with van der Waals surface area (Å²) in [6, 6.07) is 2.95. The number of phenolic OH excluding ortho intramolecular Hbond substituents is 1. The van der Waals surface area contributed by atoms with Gasteiger partial charge in [-0.15, -0.1) is 0 Å². The Morgan fingerprint density at radius 2 is 2.06 bits per heavy atom. The zero-order valence-corrected chi connectivity index (χ0v) is 10.6. The van der Waals surface area contributed by atoms with E-state index in [1.165, 1.54) is 12.1 Å². The Hall–Kier alpha value is -1.91. The van der Waals surface area contributed by atoms with Gasteiger partial charge in [0.15, 0.2) is 11.5 Å². The lowest BCUT2D eigenvalue weighted by atomic mass is 10.1. The van der Waals surface area contributed by atoms with Crippen LogP contribution in [0.15, 0.2) is 12.1 Å². The minimum atomic E-state index is -0.209. The summed E-state index contributed by atoms with van der Waals surface area (Å²) in [4.78, 5) is 13.7. The molecule has 0 saturated carbocycles. The van der Waals surface area contributed by atoms with E-state index in [1.54, 1.807) is 11.9 Å². The fourth-order valence-electron chi connectivity index (χ4n) is 1.80. The second kappa shape index (κ2) is 5.16. The predicted octanol–water partition coefficient (Wildman–Crippen LogP) is 1.99. The average molecular weight is 251 g/mol. The summed E-state index contributed by atoms with van der Waals surface area (Å²) in [6.07, 6.45) is 1.96. The number of hydrogen-bond acceptors (Lipinski definition) is 4. The normalized spacial score (nSPS) is 12.6. The Balaban J connectivity index is 2.20. The summed E-state index contributed by atoms with van der Waals surface area (Å²) in [7, 11) is 1.72. The Kier molecular flexibility index (Phi) is 3.60. The molecule has 1 aliphatic heterocycles. The summed E-state index contributed by atoms with van der Waals surface area (Å²) in [6.45, 7) is 2.86. The van der Waals surface area contributed by atoms with Crippen molar-refractivity contribution in [3.8, 4) is 17.2 Å². The first-order valence-corrected chi connectivity index (χ1v) is 6.01. The number of carbonyl (C=O) groups excluding carboxylic acids is 1. The lowest BCUT2D eigenvalue weighted by Crippen LogP contribution is -2.27. The lowest BCUT2D eigenvalue weighted by molar-refractivity contribution is 0.0790. The van der Waals surface area contributed by atoms with Gasteiger partial charge in [-0.25, -0.2) is 0 Å². The maximum atomic E-state index is 12.1. The van der Waals surface area contributed by atoms with Crippen molar-refractivity contribution in [3.05, 3.63) is 17.7 Å². The van der Waals surface area contributed by atoms with Crippen LogP contribution in [0.4, 0.5) is 0 Å². The molecule has 2 rings (SSSR count). The van der Waals surface area contributed by atoms with E-state index in [-0.39, 0.29) is 24.0 Å². The average Bonchev–Trinajstić information content (AvgIpc) is 2.81. The highest BCUT2D eigenvalue weighted by Crippen LogP contribution is 2.37. The molecule has 5 heteroatoms. The van der Waals surface area contributed by atoms with Gasteiger partial charge >= 0.3 is 0 Å². The third-order valence-electron chi connectivity index (χ3n) is 2.92. The van der Waals surface area contributed by atoms with Crippen LogP contribution in [0.25, 0.3) is 0 Å². The number of amides is 1. The molecule has 18 heavy (non-hydrogen) atoms. The first-order chi connectivity index (χ1) is 8.63. The van der Waals surface area contributed by atoms with Gasteiger partial charge in [-0.3, -0.25) is 4.79 Å². The maximum Gasteiger partial charge on any atom is 0.257 e. The predicted molar refractivity (Wildman–Crippen MR) is 66.1 cm³/mol. The number of benzene rings is 1. The van der Waals surface area contributed by atoms with E-state index in [9.17, 15) is 9.90 Å². The Bertz CT molecular complexity index is 459. The molecule has 0 radical (unpaired) electrons. The smallest absolute Gasteiger partial charge is 0.257 e. The zero-order valence-electron chi connectivity index (χ0n) is 10.6. The van der Waals surface area contributed by atoms with Gasteiger partial charge in [0, 0.05) is 25.7 Å². The van der Waals surface area contributed by atoms with E-state index < -0.39 is 0 Å². The molecular weight excluding hydrogens is 234 g/mol. The highest BCUT2D eigenvalue weighted by molar-refractivity contribution is 5.97. The molecule has 1 aliphatic rings. The third kappa shape index (κ3) is 2.34. The molecule has 0 aliphatic carbocycles. The molecule has 0 bridgehead atoms. The third-order valence-corrected chi connectivity index (χ3v) is 2.92. The van der Waals surface area contributed by atoms with Crippen LogP contribution in [-0.4, -0.2) is 36.3 Å². The summed E-state index contributed by atoms with van der Waals surface area (Å²) < 4.78 is 10.3. The topological polar surface area (TPSA) is 59.0 Å². The van der Waals surface area contributed by atoms with E-state index in [0.29, 0.717) is 18.0 Å². The minimum Gasteiger partial charge on any atom is -0.507 e. The monoisotopic (exact) mass is 251 g/mol. The molecule has 0 saturated heterocycles. The molecule has 0 fully saturated rings. The van der Waals surface area contributed by atoms with Crippen molar-refractivity contribution in [3.63, 3.8) is 0 Å². The van der Waals surface area contributed by atoms with Gasteiger partial charge in [-0.1, -0.05) is 13.3 Å². The van der Waals surface area contributed by atoms with Crippen molar-refractivity contribution in [2.75, 3.05) is 20.4 Å². The Morgan fingerprint density at radius 3 is 2.72 bits per heavy atom.